The van der Waals surface area contributed by atoms with E-state index in [1.807, 2.05) is 0 Å². The van der Waals surface area contributed by atoms with Gasteiger partial charge in [0.2, 0.25) is 0 Å². The fourth-order valence-electron chi connectivity index (χ4n) is 2.40. The highest BCUT2D eigenvalue weighted by Crippen LogP contribution is 2.34. The summed E-state index contributed by atoms with van der Waals surface area (Å²) >= 11 is 3.83. The first kappa shape index (κ1) is 21.6. The quantitative estimate of drug-likeness (QED) is 0.332. The van der Waals surface area contributed by atoms with Gasteiger partial charge in [-0.05, 0) is 62.4 Å². The predicted molar refractivity (Wildman–Crippen MR) is 112 cm³/mol. The number of hydrogen-bond acceptors (Lipinski definition) is 7. The summed E-state index contributed by atoms with van der Waals surface area (Å²) in [5, 5.41) is 7.34. The minimum atomic E-state index is -0.412. The van der Waals surface area contributed by atoms with E-state index in [9.17, 15) is 18.4 Å². The van der Waals surface area contributed by atoms with E-state index in [1.165, 1.54) is 83.4 Å². The molecule has 2 aromatic carbocycles. The van der Waals surface area contributed by atoms with Gasteiger partial charge in [0.15, 0.2) is 20.2 Å². The van der Waals surface area contributed by atoms with Crippen LogP contribution in [-0.4, -0.2) is 32.3 Å². The van der Waals surface area contributed by atoms with Gasteiger partial charge in [-0.1, -0.05) is 34.9 Å². The molecule has 0 amide bonds. The van der Waals surface area contributed by atoms with Crippen LogP contribution in [0.5, 0.6) is 0 Å². The second kappa shape index (κ2) is 9.60. The van der Waals surface area contributed by atoms with Gasteiger partial charge in [-0.25, -0.2) is 8.78 Å². The summed E-state index contributed by atoms with van der Waals surface area (Å²) in [5.74, 6) is -1.03. The van der Waals surface area contributed by atoms with Gasteiger partial charge in [0.25, 0.3) is 0 Å². The maximum absolute atomic E-state index is 13.0. The first-order valence-electron chi connectivity index (χ1n) is 8.60. The number of ketones is 2. The van der Waals surface area contributed by atoms with Crippen molar-refractivity contribution in [2.75, 3.05) is 0 Å². The molecule has 2 unspecified atom stereocenters. The highest BCUT2D eigenvalue weighted by Gasteiger charge is 2.21. The molecular formula is C20H16F2N2O2S3. The minimum Gasteiger partial charge on any atom is -0.293 e. The molecule has 3 aromatic rings. The van der Waals surface area contributed by atoms with Gasteiger partial charge >= 0.3 is 0 Å². The van der Waals surface area contributed by atoms with Crippen molar-refractivity contribution in [1.82, 2.24) is 10.2 Å². The summed E-state index contributed by atoms with van der Waals surface area (Å²) in [7, 11) is 0. The highest BCUT2D eigenvalue weighted by molar-refractivity contribution is 8.04. The summed E-state index contributed by atoms with van der Waals surface area (Å²) in [5.41, 5.74) is 0.869. The zero-order valence-electron chi connectivity index (χ0n) is 15.5. The third kappa shape index (κ3) is 5.71. The van der Waals surface area contributed by atoms with Crippen LogP contribution < -0.4 is 0 Å². The van der Waals surface area contributed by atoms with Gasteiger partial charge < -0.3 is 0 Å². The molecule has 0 saturated heterocycles. The van der Waals surface area contributed by atoms with Gasteiger partial charge in [0, 0.05) is 11.1 Å². The molecule has 0 aliphatic carbocycles. The lowest BCUT2D eigenvalue weighted by Gasteiger charge is -2.08. The van der Waals surface area contributed by atoms with Crippen molar-refractivity contribution in [1.29, 1.82) is 0 Å². The Balaban J connectivity index is 1.59. The minimum absolute atomic E-state index is 0.126. The number of hydrogen-bond donors (Lipinski definition) is 0. The van der Waals surface area contributed by atoms with E-state index in [4.69, 9.17) is 0 Å². The molecule has 0 saturated carbocycles. The summed E-state index contributed by atoms with van der Waals surface area (Å²) in [6.45, 7) is 3.51. The maximum atomic E-state index is 13.0. The number of halogens is 2. The van der Waals surface area contributed by atoms with Crippen LogP contribution >= 0.6 is 34.9 Å². The molecule has 3 rings (SSSR count). The van der Waals surface area contributed by atoms with E-state index in [0.29, 0.717) is 19.8 Å². The molecule has 0 aliphatic rings. The van der Waals surface area contributed by atoms with E-state index >= 15 is 0 Å². The van der Waals surface area contributed by atoms with E-state index in [0.717, 1.165) is 0 Å². The fourth-order valence-corrected chi connectivity index (χ4v) is 5.86. The lowest BCUT2D eigenvalue weighted by molar-refractivity contribution is 0.0986. The fraction of sp³-hybridized carbons (Fsp3) is 0.200. The Labute approximate surface area is 179 Å². The zero-order valence-corrected chi connectivity index (χ0v) is 17.9. The molecule has 1 heterocycles. The Hall–Kier alpha value is -2.10. The average molecular weight is 451 g/mol. The molecule has 0 spiro atoms. The molecule has 0 N–H and O–H groups in total. The molecule has 0 bridgehead atoms. The summed E-state index contributed by atoms with van der Waals surface area (Å²) in [6, 6.07) is 10.8. The summed E-state index contributed by atoms with van der Waals surface area (Å²) in [4.78, 5) is 24.9. The molecule has 4 nitrogen and oxygen atoms in total. The Morgan fingerprint density at radius 1 is 0.759 bits per heavy atom. The van der Waals surface area contributed by atoms with Crippen LogP contribution in [0.1, 0.15) is 34.6 Å². The summed E-state index contributed by atoms with van der Waals surface area (Å²) < 4.78 is 27.2. The van der Waals surface area contributed by atoms with Gasteiger partial charge in [-0.15, -0.1) is 10.2 Å². The van der Waals surface area contributed by atoms with E-state index in [2.05, 4.69) is 10.2 Å². The number of benzene rings is 2. The van der Waals surface area contributed by atoms with Crippen LogP contribution in [0.2, 0.25) is 0 Å². The Kier molecular flexibility index (Phi) is 7.15. The van der Waals surface area contributed by atoms with E-state index < -0.39 is 22.1 Å². The highest BCUT2D eigenvalue weighted by atomic mass is 32.2. The van der Waals surface area contributed by atoms with Crippen molar-refractivity contribution >= 4 is 46.4 Å². The van der Waals surface area contributed by atoms with Gasteiger partial charge in [0.1, 0.15) is 11.6 Å². The molecule has 0 radical (unpaired) electrons. The number of carbonyl (C=O) groups is 2. The Bertz CT molecular complexity index is 927. The monoisotopic (exact) mass is 450 g/mol. The average Bonchev–Trinajstić information content (AvgIpc) is 3.14. The summed E-state index contributed by atoms with van der Waals surface area (Å²) in [6.07, 6.45) is 0. The first-order chi connectivity index (χ1) is 13.8. The molecule has 1 aromatic heterocycles. The number of rotatable bonds is 8. The molecule has 9 heteroatoms. The molecule has 0 aliphatic heterocycles. The second-order valence-corrected chi connectivity index (χ2v) is 10.2. The van der Waals surface area contributed by atoms with Crippen LogP contribution in [0, 0.1) is 11.6 Å². The van der Waals surface area contributed by atoms with Crippen LogP contribution in [0.25, 0.3) is 0 Å². The van der Waals surface area contributed by atoms with E-state index in [-0.39, 0.29) is 11.6 Å². The first-order valence-corrected chi connectivity index (χ1v) is 11.2. The number of carbonyl (C=O) groups excluding carboxylic acids is 2. The third-order valence-electron chi connectivity index (χ3n) is 3.94. The second-order valence-electron chi connectivity index (χ2n) is 6.10. The van der Waals surface area contributed by atoms with Crippen LogP contribution in [-0.2, 0) is 0 Å². The van der Waals surface area contributed by atoms with Crippen molar-refractivity contribution in [3.05, 3.63) is 71.3 Å². The Morgan fingerprint density at radius 2 is 1.10 bits per heavy atom. The van der Waals surface area contributed by atoms with Crippen LogP contribution in [0.4, 0.5) is 8.78 Å². The smallest absolute Gasteiger partial charge is 0.175 e. The van der Waals surface area contributed by atoms with Gasteiger partial charge in [-0.2, -0.15) is 0 Å². The molecular weight excluding hydrogens is 434 g/mol. The molecule has 0 fully saturated rings. The van der Waals surface area contributed by atoms with Crippen molar-refractivity contribution < 1.29 is 18.4 Å². The predicted octanol–water partition coefficient (Wildman–Crippen LogP) is 5.54. The molecule has 29 heavy (non-hydrogen) atoms. The lowest BCUT2D eigenvalue weighted by atomic mass is 10.1. The van der Waals surface area contributed by atoms with Gasteiger partial charge in [-0.3, -0.25) is 9.59 Å². The number of nitrogens with zero attached hydrogens (tertiary/aromatic N) is 2. The largest absolute Gasteiger partial charge is 0.293 e. The number of thioether (sulfide) groups is 2. The Morgan fingerprint density at radius 3 is 1.45 bits per heavy atom. The number of aromatic nitrogens is 2. The van der Waals surface area contributed by atoms with Crippen molar-refractivity contribution in [3.63, 3.8) is 0 Å². The SMILES string of the molecule is CC(Sc1nnc(SC(C)C(=O)c2ccc(F)cc2)s1)C(=O)c1ccc(F)cc1. The third-order valence-corrected chi connectivity index (χ3v) is 7.23. The van der Waals surface area contributed by atoms with Crippen molar-refractivity contribution in [2.45, 2.75) is 33.0 Å². The zero-order chi connectivity index (χ0) is 21.0. The molecule has 150 valence electrons. The standard InChI is InChI=1S/C20H16F2N2O2S3/c1-11(17(25)13-3-7-15(21)8-4-13)27-19-23-24-20(29-19)28-12(2)18(26)14-5-9-16(22)10-6-14/h3-12H,1-2H3. The molecule has 2 atom stereocenters. The number of Topliss-reactive ketones (excluding diaryl/α,β-unsaturated/α-hetero) is 2. The topological polar surface area (TPSA) is 59.9 Å². The normalized spacial score (nSPS) is 13.1. The van der Waals surface area contributed by atoms with Crippen LogP contribution in [0.3, 0.4) is 0 Å². The van der Waals surface area contributed by atoms with Gasteiger partial charge in [0.05, 0.1) is 10.5 Å². The maximum Gasteiger partial charge on any atom is 0.175 e. The van der Waals surface area contributed by atoms with Crippen molar-refractivity contribution in [3.8, 4) is 0 Å². The van der Waals surface area contributed by atoms with E-state index in [1.54, 1.807) is 13.8 Å². The lowest BCUT2D eigenvalue weighted by Crippen LogP contribution is -2.13. The van der Waals surface area contributed by atoms with Crippen molar-refractivity contribution in [2.24, 2.45) is 0 Å². The van der Waals surface area contributed by atoms with Crippen LogP contribution in [0.15, 0.2) is 57.2 Å².